The van der Waals surface area contributed by atoms with Gasteiger partial charge in [0.1, 0.15) is 0 Å². The molecule has 2 unspecified atom stereocenters. The van der Waals surface area contributed by atoms with Crippen molar-refractivity contribution in [2.75, 3.05) is 19.0 Å². The molecule has 1 aromatic rings. The van der Waals surface area contributed by atoms with Gasteiger partial charge in [-0.25, -0.2) is 0 Å². The molecule has 0 amide bonds. The van der Waals surface area contributed by atoms with Crippen LogP contribution in [-0.2, 0) is 4.74 Å². The van der Waals surface area contributed by atoms with Crippen LogP contribution in [0.5, 0.6) is 0 Å². The fourth-order valence-corrected chi connectivity index (χ4v) is 3.61. The Kier molecular flexibility index (Phi) is 5.31. The van der Waals surface area contributed by atoms with Gasteiger partial charge in [0.15, 0.2) is 0 Å². The molecule has 2 rings (SSSR count). The Bertz CT molecular complexity index is 358. The number of ether oxygens (including phenoxy) is 1. The summed E-state index contributed by atoms with van der Waals surface area (Å²) in [5, 5.41) is 0. The zero-order valence-electron chi connectivity index (χ0n) is 9.56. The second kappa shape index (κ2) is 6.75. The molecule has 1 saturated heterocycles. The molecule has 3 nitrogen and oxygen atoms in total. The van der Waals surface area contributed by atoms with Gasteiger partial charge < -0.3 is 4.74 Å². The topological polar surface area (TPSA) is 47.3 Å². The van der Waals surface area contributed by atoms with E-state index >= 15 is 0 Å². The van der Waals surface area contributed by atoms with Crippen LogP contribution >= 0.6 is 27.7 Å². The minimum absolute atomic E-state index is 0.321. The van der Waals surface area contributed by atoms with Crippen molar-refractivity contribution in [1.29, 1.82) is 0 Å². The van der Waals surface area contributed by atoms with E-state index in [2.05, 4.69) is 39.6 Å². The van der Waals surface area contributed by atoms with Crippen LogP contribution in [0.25, 0.3) is 0 Å². The van der Waals surface area contributed by atoms with E-state index in [4.69, 9.17) is 10.6 Å². The van der Waals surface area contributed by atoms with E-state index < -0.39 is 0 Å². The SMILES string of the molecule is NNC(CSc1cccc(Br)c1)C1CCOC1. The van der Waals surface area contributed by atoms with Gasteiger partial charge in [-0.3, -0.25) is 11.3 Å². The van der Waals surface area contributed by atoms with Crippen LogP contribution in [0, 0.1) is 5.92 Å². The summed E-state index contributed by atoms with van der Waals surface area (Å²) >= 11 is 5.30. The lowest BCUT2D eigenvalue weighted by Crippen LogP contribution is -2.43. The maximum Gasteiger partial charge on any atom is 0.0510 e. The molecule has 94 valence electrons. The molecule has 17 heavy (non-hydrogen) atoms. The van der Waals surface area contributed by atoms with E-state index in [1.807, 2.05) is 17.8 Å². The molecule has 0 aromatic heterocycles. The van der Waals surface area contributed by atoms with Crippen LogP contribution in [0.2, 0.25) is 0 Å². The van der Waals surface area contributed by atoms with E-state index in [0.717, 1.165) is 29.9 Å². The lowest BCUT2D eigenvalue weighted by atomic mass is 10.0. The molecule has 0 aliphatic carbocycles. The maximum absolute atomic E-state index is 5.62. The maximum atomic E-state index is 5.62. The van der Waals surface area contributed by atoms with Crippen molar-refractivity contribution >= 4 is 27.7 Å². The van der Waals surface area contributed by atoms with Gasteiger partial charge in [0, 0.05) is 33.7 Å². The predicted octanol–water partition coefficient (Wildman–Crippen LogP) is 2.41. The van der Waals surface area contributed by atoms with Gasteiger partial charge in [-0.2, -0.15) is 0 Å². The van der Waals surface area contributed by atoms with Crippen LogP contribution in [0.4, 0.5) is 0 Å². The molecule has 1 fully saturated rings. The molecule has 1 heterocycles. The van der Waals surface area contributed by atoms with Gasteiger partial charge in [-0.1, -0.05) is 22.0 Å². The van der Waals surface area contributed by atoms with Crippen LogP contribution in [0.1, 0.15) is 6.42 Å². The first-order valence-corrected chi connectivity index (χ1v) is 7.49. The Morgan fingerprint density at radius 3 is 3.12 bits per heavy atom. The van der Waals surface area contributed by atoms with Gasteiger partial charge in [-0.15, -0.1) is 11.8 Å². The minimum Gasteiger partial charge on any atom is -0.381 e. The molecular formula is C12H17BrN2OS. The molecule has 0 saturated carbocycles. The number of halogens is 1. The minimum atomic E-state index is 0.321. The second-order valence-electron chi connectivity index (χ2n) is 4.17. The molecular weight excluding hydrogens is 300 g/mol. The third-order valence-electron chi connectivity index (χ3n) is 2.97. The number of hydrazine groups is 1. The first kappa shape index (κ1) is 13.4. The molecule has 1 aliphatic rings. The van der Waals surface area contributed by atoms with E-state index in [9.17, 15) is 0 Å². The number of nitrogens with one attached hydrogen (secondary N) is 1. The van der Waals surface area contributed by atoms with Crippen LogP contribution < -0.4 is 11.3 Å². The van der Waals surface area contributed by atoms with Crippen molar-refractivity contribution < 1.29 is 4.74 Å². The van der Waals surface area contributed by atoms with Crippen molar-refractivity contribution in [2.45, 2.75) is 17.4 Å². The number of hydrogen-bond donors (Lipinski definition) is 2. The van der Waals surface area contributed by atoms with Crippen molar-refractivity contribution in [3.05, 3.63) is 28.7 Å². The lowest BCUT2D eigenvalue weighted by Gasteiger charge is -2.20. The summed E-state index contributed by atoms with van der Waals surface area (Å²) in [6, 6.07) is 8.66. The Balaban J connectivity index is 1.87. The quantitative estimate of drug-likeness (QED) is 0.497. The molecule has 5 heteroatoms. The number of nitrogens with two attached hydrogens (primary N) is 1. The smallest absolute Gasteiger partial charge is 0.0510 e. The molecule has 3 N–H and O–H groups in total. The third kappa shape index (κ3) is 3.96. The van der Waals surface area contributed by atoms with Gasteiger partial charge in [-0.05, 0) is 24.6 Å². The molecule has 1 aromatic carbocycles. The third-order valence-corrected chi connectivity index (χ3v) is 4.58. The van der Waals surface area contributed by atoms with Crippen LogP contribution in [0.3, 0.4) is 0 Å². The van der Waals surface area contributed by atoms with E-state index in [-0.39, 0.29) is 0 Å². The molecule has 0 radical (unpaired) electrons. The average Bonchev–Trinajstić information content (AvgIpc) is 2.84. The highest BCUT2D eigenvalue weighted by molar-refractivity contribution is 9.10. The summed E-state index contributed by atoms with van der Waals surface area (Å²) in [6.07, 6.45) is 1.11. The summed E-state index contributed by atoms with van der Waals surface area (Å²) < 4.78 is 6.51. The zero-order valence-corrected chi connectivity index (χ0v) is 12.0. The Labute approximate surface area is 115 Å². The van der Waals surface area contributed by atoms with Gasteiger partial charge in [0.25, 0.3) is 0 Å². The second-order valence-corrected chi connectivity index (χ2v) is 6.17. The fourth-order valence-electron chi connectivity index (χ4n) is 1.93. The first-order chi connectivity index (χ1) is 8.29. The summed E-state index contributed by atoms with van der Waals surface area (Å²) in [5.41, 5.74) is 2.92. The predicted molar refractivity (Wildman–Crippen MR) is 74.9 cm³/mol. The van der Waals surface area contributed by atoms with Gasteiger partial charge in [0.05, 0.1) is 6.61 Å². The Morgan fingerprint density at radius 1 is 1.59 bits per heavy atom. The average molecular weight is 317 g/mol. The van der Waals surface area contributed by atoms with E-state index in [0.29, 0.717) is 12.0 Å². The molecule has 2 atom stereocenters. The fraction of sp³-hybridized carbons (Fsp3) is 0.500. The highest BCUT2D eigenvalue weighted by atomic mass is 79.9. The van der Waals surface area contributed by atoms with E-state index in [1.165, 1.54) is 4.90 Å². The highest BCUT2D eigenvalue weighted by Gasteiger charge is 2.24. The number of thioether (sulfide) groups is 1. The summed E-state index contributed by atoms with van der Waals surface area (Å²) in [4.78, 5) is 1.26. The normalized spacial score (nSPS) is 21.6. The number of hydrogen-bond acceptors (Lipinski definition) is 4. The lowest BCUT2D eigenvalue weighted by molar-refractivity contribution is 0.179. The summed E-state index contributed by atoms with van der Waals surface area (Å²) in [7, 11) is 0. The van der Waals surface area contributed by atoms with Crippen LogP contribution in [0.15, 0.2) is 33.6 Å². The van der Waals surface area contributed by atoms with Gasteiger partial charge in [0.2, 0.25) is 0 Å². The Hall–Kier alpha value is -0.0700. The summed E-state index contributed by atoms with van der Waals surface area (Å²) in [5.74, 6) is 7.13. The number of rotatable bonds is 5. The standard InChI is InChI=1S/C12H17BrN2OS/c13-10-2-1-3-11(6-10)17-8-12(15-14)9-4-5-16-7-9/h1-3,6,9,12,15H,4-5,7-8,14H2. The molecule has 1 aliphatic heterocycles. The summed E-state index contributed by atoms with van der Waals surface area (Å²) in [6.45, 7) is 1.69. The Morgan fingerprint density at radius 2 is 2.47 bits per heavy atom. The monoisotopic (exact) mass is 316 g/mol. The first-order valence-electron chi connectivity index (χ1n) is 5.72. The van der Waals surface area contributed by atoms with Crippen molar-refractivity contribution in [1.82, 2.24) is 5.43 Å². The van der Waals surface area contributed by atoms with E-state index in [1.54, 1.807) is 0 Å². The highest BCUT2D eigenvalue weighted by Crippen LogP contribution is 2.25. The zero-order chi connectivity index (χ0) is 12.1. The molecule has 0 bridgehead atoms. The van der Waals surface area contributed by atoms with Crippen LogP contribution in [-0.4, -0.2) is 25.0 Å². The van der Waals surface area contributed by atoms with Crippen molar-refractivity contribution in [3.63, 3.8) is 0 Å². The number of benzene rings is 1. The van der Waals surface area contributed by atoms with Gasteiger partial charge >= 0.3 is 0 Å². The molecule has 0 spiro atoms. The van der Waals surface area contributed by atoms with Crippen molar-refractivity contribution in [2.24, 2.45) is 11.8 Å². The largest absolute Gasteiger partial charge is 0.381 e. The van der Waals surface area contributed by atoms with Crippen molar-refractivity contribution in [3.8, 4) is 0 Å².